The first kappa shape index (κ1) is 16.8. The molecule has 2 fully saturated rings. The van der Waals surface area contributed by atoms with Crippen LogP contribution in [-0.4, -0.2) is 41.0 Å². The summed E-state index contributed by atoms with van der Waals surface area (Å²) in [5.74, 6) is 0.977. The summed E-state index contributed by atoms with van der Waals surface area (Å²) in [7, 11) is 0. The number of hydrogen-bond acceptors (Lipinski definition) is 4. The SMILES string of the molecule is CC(=O)N1c2ccc(-c3cnn(C4CC4)c3)c(OC3COC3)c2CC[C@@H]1C. The molecule has 1 amide bonds. The Hall–Kier alpha value is -2.34. The molecule has 27 heavy (non-hydrogen) atoms. The molecule has 1 saturated heterocycles. The van der Waals surface area contributed by atoms with Crippen molar-refractivity contribution < 1.29 is 14.3 Å². The molecule has 1 aromatic heterocycles. The van der Waals surface area contributed by atoms with E-state index in [9.17, 15) is 4.79 Å². The lowest BCUT2D eigenvalue weighted by molar-refractivity contribution is -0.117. The van der Waals surface area contributed by atoms with Gasteiger partial charge in [0.15, 0.2) is 0 Å². The molecule has 0 unspecified atom stereocenters. The van der Waals surface area contributed by atoms with Crippen LogP contribution in [0.4, 0.5) is 5.69 Å². The highest BCUT2D eigenvalue weighted by molar-refractivity contribution is 5.95. The Morgan fingerprint density at radius 2 is 2.07 bits per heavy atom. The summed E-state index contributed by atoms with van der Waals surface area (Å²) in [5, 5.41) is 4.55. The fourth-order valence-electron chi connectivity index (χ4n) is 4.11. The standard InChI is InChI=1S/C21H25N3O3/c1-13-3-6-19-20(24(13)14(2)25)8-7-18(21(19)27-17-11-26-12-17)15-9-22-23(10-15)16-4-5-16/h7-10,13,16-17H,3-6,11-12H2,1-2H3/t13-/m0/s1. The molecule has 0 N–H and O–H groups in total. The summed E-state index contributed by atoms with van der Waals surface area (Å²) in [6.07, 6.45) is 8.40. The van der Waals surface area contributed by atoms with Gasteiger partial charge in [-0.3, -0.25) is 9.48 Å². The number of carbonyl (C=O) groups excluding carboxylic acids is 1. The predicted octanol–water partition coefficient (Wildman–Crippen LogP) is 3.35. The zero-order valence-corrected chi connectivity index (χ0v) is 15.9. The summed E-state index contributed by atoms with van der Waals surface area (Å²) in [4.78, 5) is 14.2. The van der Waals surface area contributed by atoms with Crippen molar-refractivity contribution in [3.05, 3.63) is 30.1 Å². The molecule has 5 rings (SSSR count). The number of benzene rings is 1. The Morgan fingerprint density at radius 3 is 2.74 bits per heavy atom. The summed E-state index contributed by atoms with van der Waals surface area (Å²) in [6, 6.07) is 4.91. The van der Waals surface area contributed by atoms with Gasteiger partial charge in [0, 0.05) is 35.9 Å². The largest absolute Gasteiger partial charge is 0.485 e. The van der Waals surface area contributed by atoms with Crippen molar-refractivity contribution in [3.63, 3.8) is 0 Å². The van der Waals surface area contributed by atoms with Crippen molar-refractivity contribution in [3.8, 4) is 16.9 Å². The van der Waals surface area contributed by atoms with Crippen LogP contribution in [0.25, 0.3) is 11.1 Å². The van der Waals surface area contributed by atoms with Crippen molar-refractivity contribution in [1.29, 1.82) is 0 Å². The molecule has 3 aliphatic rings. The van der Waals surface area contributed by atoms with Crippen LogP contribution in [0.5, 0.6) is 5.75 Å². The molecule has 2 aliphatic heterocycles. The highest BCUT2D eigenvalue weighted by Crippen LogP contribution is 2.44. The van der Waals surface area contributed by atoms with E-state index in [1.54, 1.807) is 6.92 Å². The Labute approximate surface area is 159 Å². The molecule has 6 heteroatoms. The monoisotopic (exact) mass is 367 g/mol. The minimum Gasteiger partial charge on any atom is -0.485 e. The van der Waals surface area contributed by atoms with Gasteiger partial charge in [-0.1, -0.05) is 0 Å². The molecule has 3 heterocycles. The zero-order chi connectivity index (χ0) is 18.5. The van der Waals surface area contributed by atoms with Gasteiger partial charge in [-0.15, -0.1) is 0 Å². The third kappa shape index (κ3) is 2.92. The van der Waals surface area contributed by atoms with Gasteiger partial charge in [-0.2, -0.15) is 5.10 Å². The van der Waals surface area contributed by atoms with E-state index >= 15 is 0 Å². The normalized spacial score (nSPS) is 22.3. The third-order valence-electron chi connectivity index (χ3n) is 5.81. The van der Waals surface area contributed by atoms with Crippen LogP contribution in [0.15, 0.2) is 24.5 Å². The lowest BCUT2D eigenvalue weighted by atomic mass is 9.92. The number of rotatable bonds is 4. The van der Waals surface area contributed by atoms with Crippen LogP contribution >= 0.6 is 0 Å². The van der Waals surface area contributed by atoms with Crippen molar-refractivity contribution in [2.75, 3.05) is 18.1 Å². The predicted molar refractivity (Wildman–Crippen MR) is 102 cm³/mol. The lowest BCUT2D eigenvalue weighted by Gasteiger charge is -2.37. The number of anilines is 1. The Balaban J connectivity index is 1.60. The van der Waals surface area contributed by atoms with Crippen LogP contribution in [-0.2, 0) is 16.0 Å². The number of fused-ring (bicyclic) bond motifs is 1. The van der Waals surface area contributed by atoms with E-state index in [1.807, 2.05) is 11.1 Å². The summed E-state index contributed by atoms with van der Waals surface area (Å²) in [6.45, 7) is 4.99. The van der Waals surface area contributed by atoms with Crippen LogP contribution in [0.3, 0.4) is 0 Å². The maximum Gasteiger partial charge on any atom is 0.224 e. The van der Waals surface area contributed by atoms with E-state index in [2.05, 4.69) is 35.0 Å². The molecular weight excluding hydrogens is 342 g/mol. The molecule has 0 spiro atoms. The van der Waals surface area contributed by atoms with Crippen molar-refractivity contribution in [2.45, 2.75) is 57.7 Å². The summed E-state index contributed by atoms with van der Waals surface area (Å²) >= 11 is 0. The smallest absolute Gasteiger partial charge is 0.224 e. The van der Waals surface area contributed by atoms with E-state index in [4.69, 9.17) is 9.47 Å². The van der Waals surface area contributed by atoms with E-state index in [0.717, 1.165) is 41.0 Å². The van der Waals surface area contributed by atoms with Gasteiger partial charge in [0.25, 0.3) is 0 Å². The quantitative estimate of drug-likeness (QED) is 0.832. The zero-order valence-electron chi connectivity index (χ0n) is 15.9. The molecule has 1 aliphatic carbocycles. The first-order chi connectivity index (χ1) is 13.1. The number of hydrogen-bond donors (Lipinski definition) is 0. The van der Waals surface area contributed by atoms with Gasteiger partial charge in [0.05, 0.1) is 31.1 Å². The van der Waals surface area contributed by atoms with Crippen LogP contribution in [0, 0.1) is 0 Å². The first-order valence-corrected chi connectivity index (χ1v) is 9.86. The number of aromatic nitrogens is 2. The molecular formula is C21H25N3O3. The molecule has 0 bridgehead atoms. The third-order valence-corrected chi connectivity index (χ3v) is 5.81. The Kier molecular flexibility index (Phi) is 3.97. The summed E-state index contributed by atoms with van der Waals surface area (Å²) < 4.78 is 13.8. The number of nitrogens with zero attached hydrogens (tertiary/aromatic N) is 3. The number of amides is 1. The van der Waals surface area contributed by atoms with Crippen LogP contribution in [0.2, 0.25) is 0 Å². The van der Waals surface area contributed by atoms with Crippen molar-refractivity contribution in [1.82, 2.24) is 9.78 Å². The fraction of sp³-hybridized carbons (Fsp3) is 0.524. The molecule has 1 saturated carbocycles. The molecule has 2 aromatic rings. The van der Waals surface area contributed by atoms with Gasteiger partial charge in [-0.05, 0) is 44.7 Å². The summed E-state index contributed by atoms with van der Waals surface area (Å²) in [5.41, 5.74) is 4.25. The highest BCUT2D eigenvalue weighted by atomic mass is 16.6. The first-order valence-electron chi connectivity index (χ1n) is 9.86. The van der Waals surface area contributed by atoms with Crippen molar-refractivity contribution >= 4 is 11.6 Å². The topological polar surface area (TPSA) is 56.6 Å². The molecule has 0 radical (unpaired) electrons. The van der Waals surface area contributed by atoms with Crippen LogP contribution < -0.4 is 9.64 Å². The van der Waals surface area contributed by atoms with Gasteiger partial charge >= 0.3 is 0 Å². The fourth-order valence-corrected chi connectivity index (χ4v) is 4.11. The van der Waals surface area contributed by atoms with E-state index in [1.165, 1.54) is 12.8 Å². The van der Waals surface area contributed by atoms with Crippen molar-refractivity contribution in [2.24, 2.45) is 0 Å². The number of carbonyl (C=O) groups is 1. The molecule has 142 valence electrons. The highest BCUT2D eigenvalue weighted by Gasteiger charge is 2.32. The van der Waals surface area contributed by atoms with Gasteiger partial charge < -0.3 is 14.4 Å². The average molecular weight is 367 g/mol. The van der Waals surface area contributed by atoms with Gasteiger partial charge in [0.1, 0.15) is 11.9 Å². The minimum atomic E-state index is 0.0793. The number of ether oxygens (including phenoxy) is 2. The maximum atomic E-state index is 12.3. The lowest BCUT2D eigenvalue weighted by Crippen LogP contribution is -2.42. The Morgan fingerprint density at radius 1 is 1.26 bits per heavy atom. The molecule has 6 nitrogen and oxygen atoms in total. The second kappa shape index (κ2) is 6.37. The Bertz CT molecular complexity index is 883. The maximum absolute atomic E-state index is 12.3. The van der Waals surface area contributed by atoms with Gasteiger partial charge in [-0.25, -0.2) is 0 Å². The molecule has 1 aromatic carbocycles. The van der Waals surface area contributed by atoms with Gasteiger partial charge in [0.2, 0.25) is 5.91 Å². The second-order valence-electron chi connectivity index (χ2n) is 7.93. The second-order valence-corrected chi connectivity index (χ2v) is 7.93. The van der Waals surface area contributed by atoms with E-state index < -0.39 is 0 Å². The van der Waals surface area contributed by atoms with E-state index in [0.29, 0.717) is 19.3 Å². The van der Waals surface area contributed by atoms with E-state index in [-0.39, 0.29) is 18.1 Å². The molecule has 1 atom stereocenters. The van der Waals surface area contributed by atoms with Crippen LogP contribution in [0.1, 0.15) is 44.7 Å². The average Bonchev–Trinajstić information content (AvgIpc) is 3.34. The minimum absolute atomic E-state index is 0.0793.